The van der Waals surface area contributed by atoms with Crippen LogP contribution in [0.1, 0.15) is 53.4 Å². The number of ether oxygens (including phenoxy) is 1. The van der Waals surface area contributed by atoms with Crippen LogP contribution < -0.4 is 5.56 Å². The third-order valence-electron chi connectivity index (χ3n) is 5.31. The second-order valence-electron chi connectivity index (χ2n) is 7.69. The Morgan fingerprint density at radius 2 is 1.76 bits per heavy atom. The lowest BCUT2D eigenvalue weighted by atomic mass is 9.94. The Labute approximate surface area is 170 Å². The van der Waals surface area contributed by atoms with Gasteiger partial charge in [-0.3, -0.25) is 9.59 Å². The summed E-state index contributed by atoms with van der Waals surface area (Å²) >= 11 is 0. The molecule has 0 atom stereocenters. The van der Waals surface area contributed by atoms with Crippen LogP contribution in [0.15, 0.2) is 16.9 Å². The number of H-pyrrole nitrogens is 1. The largest absolute Gasteiger partial charge is 0.466 e. The minimum Gasteiger partial charge on any atom is -0.466 e. The maximum Gasteiger partial charge on any atom is 0.305 e. The molecule has 29 heavy (non-hydrogen) atoms. The lowest BCUT2D eigenvalue weighted by molar-refractivity contribution is -0.143. The highest BCUT2D eigenvalue weighted by molar-refractivity contribution is 5.84. The van der Waals surface area contributed by atoms with E-state index in [1.165, 1.54) is 10.1 Å². The van der Waals surface area contributed by atoms with Gasteiger partial charge in [0.05, 0.1) is 12.3 Å². The lowest BCUT2D eigenvalue weighted by Crippen LogP contribution is -2.22. The van der Waals surface area contributed by atoms with Gasteiger partial charge in [-0.15, -0.1) is 0 Å². The van der Waals surface area contributed by atoms with Gasteiger partial charge in [0.2, 0.25) is 0 Å². The van der Waals surface area contributed by atoms with Crippen LogP contribution in [0.5, 0.6) is 0 Å². The Kier molecular flexibility index (Phi) is 5.91. The van der Waals surface area contributed by atoms with Crippen molar-refractivity contribution in [3.05, 3.63) is 56.1 Å². The number of carbonyl (C=O) groups excluding carboxylic acids is 1. The molecule has 3 rings (SSSR count). The Morgan fingerprint density at radius 3 is 2.38 bits per heavy atom. The Morgan fingerprint density at radius 1 is 1.10 bits per heavy atom. The fourth-order valence-electron chi connectivity index (χ4n) is 4.14. The molecule has 0 saturated carbocycles. The third kappa shape index (κ3) is 3.97. The average molecular weight is 396 g/mol. The molecule has 2 aromatic heterocycles. The van der Waals surface area contributed by atoms with Crippen LogP contribution >= 0.6 is 0 Å². The molecule has 0 aliphatic heterocycles. The Bertz CT molecular complexity index is 1120. The summed E-state index contributed by atoms with van der Waals surface area (Å²) in [5.41, 5.74) is 8.51. The highest BCUT2D eigenvalue weighted by Crippen LogP contribution is 2.33. The quantitative estimate of drug-likeness (QED) is 0.637. The average Bonchev–Trinajstić information content (AvgIpc) is 2.94. The highest BCUT2D eigenvalue weighted by atomic mass is 16.5. The second kappa shape index (κ2) is 8.23. The summed E-state index contributed by atoms with van der Waals surface area (Å²) in [4.78, 5) is 28.1. The van der Waals surface area contributed by atoms with E-state index in [9.17, 15) is 9.59 Å². The number of fused-ring (bicyclic) bond motifs is 1. The monoisotopic (exact) mass is 395 g/mol. The van der Waals surface area contributed by atoms with Gasteiger partial charge in [0.15, 0.2) is 0 Å². The first-order valence-corrected chi connectivity index (χ1v) is 10.1. The third-order valence-corrected chi connectivity index (χ3v) is 5.31. The van der Waals surface area contributed by atoms with Crippen LogP contribution in [0.2, 0.25) is 0 Å². The van der Waals surface area contributed by atoms with Crippen LogP contribution in [-0.2, 0) is 16.0 Å². The fraction of sp³-hybridized carbons (Fsp3) is 0.435. The molecule has 1 N–H and O–H groups in total. The van der Waals surface area contributed by atoms with Crippen LogP contribution in [0, 0.1) is 34.6 Å². The van der Waals surface area contributed by atoms with Crippen LogP contribution in [0.25, 0.3) is 16.8 Å². The summed E-state index contributed by atoms with van der Waals surface area (Å²) < 4.78 is 6.44. The minimum atomic E-state index is -0.231. The molecular formula is C23H29N3O3. The van der Waals surface area contributed by atoms with E-state index in [-0.39, 0.29) is 11.5 Å². The molecule has 0 bridgehead atoms. The van der Waals surface area contributed by atoms with Crippen molar-refractivity contribution in [2.45, 2.75) is 60.8 Å². The molecule has 0 fully saturated rings. The van der Waals surface area contributed by atoms with Crippen molar-refractivity contribution in [1.82, 2.24) is 14.6 Å². The van der Waals surface area contributed by atoms with Crippen molar-refractivity contribution in [2.24, 2.45) is 0 Å². The van der Waals surface area contributed by atoms with Gasteiger partial charge in [0.1, 0.15) is 5.65 Å². The van der Waals surface area contributed by atoms with E-state index in [0.717, 1.165) is 33.6 Å². The van der Waals surface area contributed by atoms with Gasteiger partial charge < -0.3 is 9.72 Å². The number of esters is 1. The molecule has 0 spiro atoms. The molecule has 6 heteroatoms. The molecule has 154 valence electrons. The Balaban J connectivity index is 2.06. The highest BCUT2D eigenvalue weighted by Gasteiger charge is 2.20. The molecule has 6 nitrogen and oxygen atoms in total. The van der Waals surface area contributed by atoms with Gasteiger partial charge in [0, 0.05) is 23.2 Å². The number of carbonyl (C=O) groups is 1. The molecule has 0 radical (unpaired) electrons. The molecule has 0 unspecified atom stereocenters. The van der Waals surface area contributed by atoms with Crippen molar-refractivity contribution >= 4 is 11.6 Å². The lowest BCUT2D eigenvalue weighted by Gasteiger charge is -2.12. The predicted octanol–water partition coefficient (Wildman–Crippen LogP) is 4.12. The first-order chi connectivity index (χ1) is 13.7. The number of rotatable bonds is 6. The number of aryl methyl sites for hydroxylation is 5. The molecule has 0 amide bonds. The van der Waals surface area contributed by atoms with Crippen molar-refractivity contribution in [2.75, 3.05) is 6.61 Å². The van der Waals surface area contributed by atoms with E-state index in [1.807, 2.05) is 13.8 Å². The molecule has 0 aliphatic rings. The first-order valence-electron chi connectivity index (χ1n) is 10.1. The summed E-state index contributed by atoms with van der Waals surface area (Å²) in [5, 5.41) is 4.55. The fourth-order valence-corrected chi connectivity index (χ4v) is 4.14. The van der Waals surface area contributed by atoms with Gasteiger partial charge in [0.25, 0.3) is 5.56 Å². The zero-order valence-corrected chi connectivity index (χ0v) is 18.1. The van der Waals surface area contributed by atoms with Crippen molar-refractivity contribution in [3.8, 4) is 11.1 Å². The Hall–Kier alpha value is -2.89. The number of hydrogen-bond acceptors (Lipinski definition) is 4. The zero-order chi connectivity index (χ0) is 21.3. The molecule has 1 aromatic carbocycles. The second-order valence-corrected chi connectivity index (χ2v) is 7.69. The van der Waals surface area contributed by atoms with E-state index in [2.05, 4.69) is 43.0 Å². The first kappa shape index (κ1) is 20.8. The number of hydrogen-bond donors (Lipinski definition) is 1. The van der Waals surface area contributed by atoms with E-state index >= 15 is 0 Å². The van der Waals surface area contributed by atoms with Crippen LogP contribution in [0.3, 0.4) is 0 Å². The van der Waals surface area contributed by atoms with E-state index in [0.29, 0.717) is 37.1 Å². The molecule has 3 aromatic rings. The van der Waals surface area contributed by atoms with Crippen LogP contribution in [-0.4, -0.2) is 27.2 Å². The van der Waals surface area contributed by atoms with Crippen molar-refractivity contribution < 1.29 is 9.53 Å². The smallest absolute Gasteiger partial charge is 0.305 e. The normalized spacial score (nSPS) is 11.2. The molecular weight excluding hydrogens is 366 g/mol. The summed E-state index contributed by atoms with van der Waals surface area (Å²) in [5.74, 6) is -0.231. The minimum absolute atomic E-state index is 0.128. The number of aromatic nitrogens is 3. The van der Waals surface area contributed by atoms with Gasteiger partial charge in [-0.1, -0.05) is 17.7 Å². The number of aromatic amines is 1. The SMILES string of the molecule is CCOC(=O)CCCc1c(C)[nH]c2c(-c3c(C)cc(C)cc3C)c(C)nn2c1=O. The summed E-state index contributed by atoms with van der Waals surface area (Å²) in [7, 11) is 0. The van der Waals surface area contributed by atoms with Crippen molar-refractivity contribution in [3.63, 3.8) is 0 Å². The van der Waals surface area contributed by atoms with Crippen LogP contribution in [0.4, 0.5) is 0 Å². The van der Waals surface area contributed by atoms with Crippen molar-refractivity contribution in [1.29, 1.82) is 0 Å². The number of benzene rings is 1. The predicted molar refractivity (Wildman–Crippen MR) is 115 cm³/mol. The van der Waals surface area contributed by atoms with Gasteiger partial charge in [-0.2, -0.15) is 9.61 Å². The standard InChI is InChI=1S/C23H29N3O3/c1-7-29-19(27)10-8-9-18-16(5)24-22-21(17(6)25-26(22)23(18)28)20-14(3)11-13(2)12-15(20)4/h11-12,24H,7-10H2,1-6H3. The van der Waals surface area contributed by atoms with E-state index < -0.39 is 0 Å². The molecule has 0 aliphatic carbocycles. The van der Waals surface area contributed by atoms with E-state index in [4.69, 9.17) is 4.74 Å². The summed E-state index contributed by atoms with van der Waals surface area (Å²) in [6.45, 7) is 12.3. The molecule has 2 heterocycles. The van der Waals surface area contributed by atoms with Gasteiger partial charge in [-0.25, -0.2) is 0 Å². The summed E-state index contributed by atoms with van der Waals surface area (Å²) in [6, 6.07) is 4.31. The summed E-state index contributed by atoms with van der Waals surface area (Å²) in [6.07, 6.45) is 1.38. The van der Waals surface area contributed by atoms with E-state index in [1.54, 1.807) is 6.92 Å². The number of nitrogens with one attached hydrogen (secondary N) is 1. The zero-order valence-electron chi connectivity index (χ0n) is 18.1. The maximum atomic E-state index is 13.1. The van der Waals surface area contributed by atoms with Gasteiger partial charge >= 0.3 is 5.97 Å². The molecule has 0 saturated heterocycles. The topological polar surface area (TPSA) is 76.5 Å². The maximum absolute atomic E-state index is 13.1. The number of nitrogens with zero attached hydrogens (tertiary/aromatic N) is 2. The van der Waals surface area contributed by atoms with Gasteiger partial charge in [-0.05, 0) is 71.1 Å².